The number of carbonyl (C=O) groups is 1. The van der Waals surface area contributed by atoms with Crippen molar-refractivity contribution in [3.05, 3.63) is 24.0 Å². The summed E-state index contributed by atoms with van der Waals surface area (Å²) >= 11 is 0. The lowest BCUT2D eigenvalue weighted by atomic mass is 10.0. The Hall–Kier alpha value is -1.09. The maximum Gasteiger partial charge on any atom is 0.164 e. The smallest absolute Gasteiger partial charge is 0.164 e. The number of nitrogens with zero attached hydrogens (tertiary/aromatic N) is 1. The van der Waals surface area contributed by atoms with Gasteiger partial charge in [-0.2, -0.15) is 0 Å². The van der Waals surface area contributed by atoms with E-state index in [0.717, 1.165) is 38.2 Å². The van der Waals surface area contributed by atoms with Gasteiger partial charge in [0.25, 0.3) is 0 Å². The van der Waals surface area contributed by atoms with Gasteiger partial charge in [-0.05, 0) is 24.8 Å². The summed E-state index contributed by atoms with van der Waals surface area (Å²) in [5.41, 5.74) is 0.842. The number of hydrogen-bond acceptors (Lipinski definition) is 2. The highest BCUT2D eigenvalue weighted by molar-refractivity contribution is 5.95. The fraction of sp³-hybridized carbons (Fsp3) is 0.615. The van der Waals surface area contributed by atoms with E-state index in [-0.39, 0.29) is 5.78 Å². The standard InChI is InChI=1S/C13H19NO2/c1-2-13(15)12-3-6-14(10-12)9-11-4-7-16-8-5-11/h3,6,10-11H,2,4-5,7-9H2,1H3. The minimum Gasteiger partial charge on any atom is -0.381 e. The van der Waals surface area contributed by atoms with E-state index < -0.39 is 0 Å². The molecule has 88 valence electrons. The van der Waals surface area contributed by atoms with E-state index in [1.807, 2.05) is 25.4 Å². The van der Waals surface area contributed by atoms with E-state index in [4.69, 9.17) is 4.74 Å². The zero-order valence-electron chi connectivity index (χ0n) is 9.82. The summed E-state index contributed by atoms with van der Waals surface area (Å²) < 4.78 is 7.47. The third-order valence-corrected chi connectivity index (χ3v) is 3.20. The molecule has 0 radical (unpaired) electrons. The summed E-state index contributed by atoms with van der Waals surface area (Å²) in [6.07, 6.45) is 6.84. The molecule has 1 aliphatic heterocycles. The number of hydrogen-bond donors (Lipinski definition) is 0. The Morgan fingerprint density at radius 1 is 1.50 bits per heavy atom. The van der Waals surface area contributed by atoms with Gasteiger partial charge in [-0.15, -0.1) is 0 Å². The number of carbonyl (C=O) groups excluding carboxylic acids is 1. The first kappa shape index (κ1) is 11.4. The van der Waals surface area contributed by atoms with Crippen molar-refractivity contribution in [2.75, 3.05) is 13.2 Å². The van der Waals surface area contributed by atoms with E-state index >= 15 is 0 Å². The maximum atomic E-state index is 11.5. The van der Waals surface area contributed by atoms with Gasteiger partial charge in [-0.3, -0.25) is 4.79 Å². The Labute approximate surface area is 96.4 Å². The van der Waals surface area contributed by atoms with Crippen molar-refractivity contribution in [1.29, 1.82) is 0 Å². The third kappa shape index (κ3) is 2.73. The number of rotatable bonds is 4. The van der Waals surface area contributed by atoms with Crippen molar-refractivity contribution in [3.63, 3.8) is 0 Å². The molecule has 0 spiro atoms. The molecule has 1 aromatic heterocycles. The van der Waals surface area contributed by atoms with Crippen LogP contribution in [-0.4, -0.2) is 23.6 Å². The quantitative estimate of drug-likeness (QED) is 0.731. The maximum absolute atomic E-state index is 11.5. The summed E-state index contributed by atoms with van der Waals surface area (Å²) in [7, 11) is 0. The molecule has 0 bridgehead atoms. The van der Waals surface area contributed by atoms with Crippen LogP contribution in [-0.2, 0) is 11.3 Å². The molecule has 16 heavy (non-hydrogen) atoms. The van der Waals surface area contributed by atoms with Crippen LogP contribution in [0.15, 0.2) is 18.5 Å². The van der Waals surface area contributed by atoms with Gasteiger partial charge in [-0.25, -0.2) is 0 Å². The fourth-order valence-corrected chi connectivity index (χ4v) is 2.15. The Balaban J connectivity index is 1.94. The van der Waals surface area contributed by atoms with Crippen LogP contribution in [0.1, 0.15) is 36.5 Å². The molecule has 0 atom stereocenters. The Bertz CT molecular complexity index is 351. The largest absolute Gasteiger partial charge is 0.381 e. The Morgan fingerprint density at radius 3 is 2.94 bits per heavy atom. The molecule has 0 aromatic carbocycles. The topological polar surface area (TPSA) is 31.2 Å². The Kier molecular flexibility index (Phi) is 3.78. The summed E-state index contributed by atoms with van der Waals surface area (Å²) in [6, 6.07) is 1.92. The van der Waals surface area contributed by atoms with Crippen LogP contribution in [0.2, 0.25) is 0 Å². The molecule has 1 saturated heterocycles. The van der Waals surface area contributed by atoms with Crippen LogP contribution in [0.4, 0.5) is 0 Å². The molecular weight excluding hydrogens is 202 g/mol. The van der Waals surface area contributed by atoms with Crippen molar-refractivity contribution < 1.29 is 9.53 Å². The van der Waals surface area contributed by atoms with Crippen LogP contribution in [0.25, 0.3) is 0 Å². The lowest BCUT2D eigenvalue weighted by Crippen LogP contribution is -2.19. The highest BCUT2D eigenvalue weighted by Crippen LogP contribution is 2.17. The zero-order chi connectivity index (χ0) is 11.4. The highest BCUT2D eigenvalue weighted by atomic mass is 16.5. The summed E-state index contributed by atoms with van der Waals surface area (Å²) in [4.78, 5) is 11.5. The first-order valence-corrected chi connectivity index (χ1v) is 6.06. The van der Waals surface area contributed by atoms with Crippen LogP contribution < -0.4 is 0 Å². The molecule has 2 heterocycles. The van der Waals surface area contributed by atoms with Gasteiger partial charge in [0.15, 0.2) is 5.78 Å². The molecule has 1 aliphatic rings. The molecule has 1 fully saturated rings. The van der Waals surface area contributed by atoms with E-state index in [2.05, 4.69) is 4.57 Å². The second-order valence-electron chi connectivity index (χ2n) is 4.43. The number of Topliss-reactive ketones (excluding diaryl/α,β-unsaturated/α-hetero) is 1. The monoisotopic (exact) mass is 221 g/mol. The molecule has 0 saturated carbocycles. The van der Waals surface area contributed by atoms with Crippen molar-refractivity contribution >= 4 is 5.78 Å². The lowest BCUT2D eigenvalue weighted by Gasteiger charge is -2.22. The van der Waals surface area contributed by atoms with Crippen LogP contribution in [0.5, 0.6) is 0 Å². The van der Waals surface area contributed by atoms with Crippen molar-refractivity contribution in [1.82, 2.24) is 4.57 Å². The second kappa shape index (κ2) is 5.30. The number of ketones is 1. The van der Waals surface area contributed by atoms with E-state index in [1.54, 1.807) is 0 Å². The first-order chi connectivity index (χ1) is 7.79. The van der Waals surface area contributed by atoms with Crippen molar-refractivity contribution in [2.24, 2.45) is 5.92 Å². The average Bonchev–Trinajstić information content (AvgIpc) is 2.78. The average molecular weight is 221 g/mol. The normalized spacial score (nSPS) is 17.6. The third-order valence-electron chi connectivity index (χ3n) is 3.20. The van der Waals surface area contributed by atoms with Gasteiger partial charge < -0.3 is 9.30 Å². The van der Waals surface area contributed by atoms with E-state index in [9.17, 15) is 4.79 Å². The van der Waals surface area contributed by atoms with Crippen molar-refractivity contribution in [3.8, 4) is 0 Å². The van der Waals surface area contributed by atoms with Gasteiger partial charge in [0, 0.05) is 44.1 Å². The van der Waals surface area contributed by atoms with Gasteiger partial charge in [-0.1, -0.05) is 6.92 Å². The molecule has 0 amide bonds. The predicted molar refractivity (Wildman–Crippen MR) is 62.6 cm³/mol. The van der Waals surface area contributed by atoms with Crippen molar-refractivity contribution in [2.45, 2.75) is 32.7 Å². The highest BCUT2D eigenvalue weighted by Gasteiger charge is 2.14. The first-order valence-electron chi connectivity index (χ1n) is 6.06. The summed E-state index contributed by atoms with van der Waals surface area (Å²) in [6.45, 7) is 4.68. The number of ether oxygens (including phenoxy) is 1. The summed E-state index contributed by atoms with van der Waals surface area (Å²) in [5.74, 6) is 0.927. The predicted octanol–water partition coefficient (Wildman–Crippen LogP) is 2.51. The minimum atomic E-state index is 0.228. The SMILES string of the molecule is CCC(=O)c1ccn(CC2CCOCC2)c1. The molecule has 0 N–H and O–H groups in total. The molecule has 2 rings (SSSR count). The summed E-state index contributed by atoms with van der Waals surface area (Å²) in [5, 5.41) is 0. The lowest BCUT2D eigenvalue weighted by molar-refractivity contribution is 0.0613. The molecule has 3 heteroatoms. The van der Waals surface area contributed by atoms with Crippen LogP contribution in [0.3, 0.4) is 0 Å². The molecule has 0 aliphatic carbocycles. The van der Waals surface area contributed by atoms with E-state index in [0.29, 0.717) is 12.3 Å². The molecule has 3 nitrogen and oxygen atoms in total. The van der Waals surface area contributed by atoms with Crippen LogP contribution >= 0.6 is 0 Å². The molecular formula is C13H19NO2. The minimum absolute atomic E-state index is 0.228. The molecule has 1 aromatic rings. The van der Waals surface area contributed by atoms with Gasteiger partial charge in [0.05, 0.1) is 0 Å². The van der Waals surface area contributed by atoms with Gasteiger partial charge in [0.1, 0.15) is 0 Å². The molecule has 0 unspecified atom stereocenters. The Morgan fingerprint density at radius 2 is 2.25 bits per heavy atom. The van der Waals surface area contributed by atoms with Gasteiger partial charge >= 0.3 is 0 Å². The van der Waals surface area contributed by atoms with Gasteiger partial charge in [0.2, 0.25) is 0 Å². The zero-order valence-corrected chi connectivity index (χ0v) is 9.82. The van der Waals surface area contributed by atoms with Crippen LogP contribution in [0, 0.1) is 5.92 Å². The second-order valence-corrected chi connectivity index (χ2v) is 4.43. The van der Waals surface area contributed by atoms with E-state index in [1.165, 1.54) is 0 Å². The number of aromatic nitrogens is 1. The fourth-order valence-electron chi connectivity index (χ4n) is 2.15.